The van der Waals surface area contributed by atoms with Gasteiger partial charge < -0.3 is 10.0 Å². The first kappa shape index (κ1) is 14.5. The molecule has 0 heterocycles. The summed E-state index contributed by atoms with van der Waals surface area (Å²) in [5.74, 6) is -1.04. The standard InChI is InChI=1S/C7H13NO3.C2H6/c1-3-8(2)6(9)4-5-7(10)11;1-2/h3-5H2,1-2H3,(H,10,11);1-2H3. The predicted octanol–water partition coefficient (Wildman–Crippen LogP) is 1.36. The van der Waals surface area contributed by atoms with Gasteiger partial charge >= 0.3 is 5.97 Å². The predicted molar refractivity (Wildman–Crippen MR) is 51.5 cm³/mol. The highest BCUT2D eigenvalue weighted by atomic mass is 16.4. The molecule has 1 N–H and O–H groups in total. The van der Waals surface area contributed by atoms with Crippen molar-refractivity contribution in [3.05, 3.63) is 0 Å². The summed E-state index contributed by atoms with van der Waals surface area (Å²) in [6.45, 7) is 6.47. The van der Waals surface area contributed by atoms with E-state index in [0.717, 1.165) is 0 Å². The van der Waals surface area contributed by atoms with Gasteiger partial charge in [0.05, 0.1) is 6.42 Å². The maximum Gasteiger partial charge on any atom is 0.303 e. The molecule has 0 fully saturated rings. The number of nitrogens with zero attached hydrogens (tertiary/aromatic N) is 1. The zero-order valence-corrected chi connectivity index (χ0v) is 8.83. The molecular weight excluding hydrogens is 170 g/mol. The fraction of sp³-hybridized carbons (Fsp3) is 0.778. The fourth-order valence-corrected chi connectivity index (χ4v) is 0.581. The average molecular weight is 189 g/mol. The van der Waals surface area contributed by atoms with Crippen molar-refractivity contribution in [1.29, 1.82) is 0 Å². The van der Waals surface area contributed by atoms with Gasteiger partial charge in [0.15, 0.2) is 0 Å². The third kappa shape index (κ3) is 8.85. The van der Waals surface area contributed by atoms with Crippen molar-refractivity contribution in [2.75, 3.05) is 13.6 Å². The minimum atomic E-state index is -0.928. The van der Waals surface area contributed by atoms with Gasteiger partial charge in [0.25, 0.3) is 0 Å². The lowest BCUT2D eigenvalue weighted by molar-refractivity contribution is -0.140. The van der Waals surface area contributed by atoms with Crippen molar-refractivity contribution < 1.29 is 14.7 Å². The molecule has 0 saturated heterocycles. The second-order valence-electron chi connectivity index (χ2n) is 2.30. The first-order chi connectivity index (χ1) is 6.07. The topological polar surface area (TPSA) is 57.6 Å². The Morgan fingerprint density at radius 3 is 2.00 bits per heavy atom. The van der Waals surface area contributed by atoms with Gasteiger partial charge in [-0.3, -0.25) is 9.59 Å². The van der Waals surface area contributed by atoms with Crippen LogP contribution in [0.5, 0.6) is 0 Å². The first-order valence-electron chi connectivity index (χ1n) is 4.53. The number of rotatable bonds is 4. The van der Waals surface area contributed by atoms with Crippen LogP contribution in [0.2, 0.25) is 0 Å². The van der Waals surface area contributed by atoms with Crippen molar-refractivity contribution in [2.24, 2.45) is 0 Å². The normalized spacial score (nSPS) is 8.31. The molecule has 0 spiro atoms. The van der Waals surface area contributed by atoms with E-state index in [1.54, 1.807) is 7.05 Å². The molecule has 0 aromatic rings. The number of amides is 1. The Labute approximate surface area is 79.5 Å². The van der Waals surface area contributed by atoms with Gasteiger partial charge in [0.1, 0.15) is 0 Å². The van der Waals surface area contributed by atoms with Crippen molar-refractivity contribution in [3.8, 4) is 0 Å². The maximum atomic E-state index is 10.9. The van der Waals surface area contributed by atoms with Crippen LogP contribution in [0.25, 0.3) is 0 Å². The van der Waals surface area contributed by atoms with Crippen LogP contribution in [-0.2, 0) is 9.59 Å². The van der Waals surface area contributed by atoms with Crippen LogP contribution in [0.3, 0.4) is 0 Å². The molecule has 0 aliphatic rings. The number of aliphatic carboxylic acids is 1. The minimum absolute atomic E-state index is 0.0802. The van der Waals surface area contributed by atoms with E-state index in [0.29, 0.717) is 6.54 Å². The van der Waals surface area contributed by atoms with Crippen LogP contribution in [0.4, 0.5) is 0 Å². The number of carbonyl (C=O) groups is 2. The monoisotopic (exact) mass is 189 g/mol. The van der Waals surface area contributed by atoms with Gasteiger partial charge in [0, 0.05) is 20.0 Å². The quantitative estimate of drug-likeness (QED) is 0.726. The zero-order valence-electron chi connectivity index (χ0n) is 8.83. The molecule has 0 aromatic carbocycles. The Hall–Kier alpha value is -1.06. The molecule has 4 nitrogen and oxygen atoms in total. The lowest BCUT2D eigenvalue weighted by Crippen LogP contribution is -2.26. The Kier molecular flexibility index (Phi) is 10.0. The van der Waals surface area contributed by atoms with Crippen LogP contribution >= 0.6 is 0 Å². The molecule has 0 aliphatic heterocycles. The summed E-state index contributed by atoms with van der Waals surface area (Å²) in [5, 5.41) is 8.25. The van der Waals surface area contributed by atoms with E-state index in [-0.39, 0.29) is 18.7 Å². The summed E-state index contributed by atoms with van der Waals surface area (Å²) in [6, 6.07) is 0. The van der Waals surface area contributed by atoms with E-state index in [2.05, 4.69) is 0 Å². The molecule has 0 radical (unpaired) electrons. The Morgan fingerprint density at radius 2 is 1.69 bits per heavy atom. The van der Waals surface area contributed by atoms with E-state index < -0.39 is 5.97 Å². The van der Waals surface area contributed by atoms with Gasteiger partial charge in [0.2, 0.25) is 5.91 Å². The van der Waals surface area contributed by atoms with Gasteiger partial charge in [-0.2, -0.15) is 0 Å². The molecule has 0 saturated carbocycles. The molecule has 0 rings (SSSR count). The Balaban J connectivity index is 0. The van der Waals surface area contributed by atoms with Crippen LogP contribution in [0.1, 0.15) is 33.6 Å². The summed E-state index contributed by atoms with van der Waals surface area (Å²) >= 11 is 0. The molecule has 0 unspecified atom stereocenters. The van der Waals surface area contributed by atoms with Crippen molar-refractivity contribution in [1.82, 2.24) is 4.90 Å². The molecule has 78 valence electrons. The van der Waals surface area contributed by atoms with Crippen molar-refractivity contribution >= 4 is 11.9 Å². The Bertz CT molecular complexity index is 157. The molecule has 13 heavy (non-hydrogen) atoms. The summed E-state index contributed by atoms with van der Waals surface area (Å²) in [5.41, 5.74) is 0. The van der Waals surface area contributed by atoms with Gasteiger partial charge in [-0.15, -0.1) is 0 Å². The molecule has 0 atom stereocenters. The molecule has 0 bridgehead atoms. The highest BCUT2D eigenvalue weighted by Gasteiger charge is 2.07. The highest BCUT2D eigenvalue weighted by molar-refractivity contribution is 5.80. The van der Waals surface area contributed by atoms with Crippen LogP contribution in [-0.4, -0.2) is 35.5 Å². The number of hydrogen-bond acceptors (Lipinski definition) is 2. The number of carboxylic acid groups (broad SMARTS) is 1. The lowest BCUT2D eigenvalue weighted by Gasteiger charge is -2.12. The van der Waals surface area contributed by atoms with Gasteiger partial charge in [-0.25, -0.2) is 0 Å². The smallest absolute Gasteiger partial charge is 0.303 e. The van der Waals surface area contributed by atoms with E-state index >= 15 is 0 Å². The van der Waals surface area contributed by atoms with Crippen molar-refractivity contribution in [2.45, 2.75) is 33.6 Å². The van der Waals surface area contributed by atoms with E-state index in [1.807, 2.05) is 20.8 Å². The molecule has 4 heteroatoms. The van der Waals surface area contributed by atoms with E-state index in [4.69, 9.17) is 5.11 Å². The summed E-state index contributed by atoms with van der Waals surface area (Å²) < 4.78 is 0. The summed E-state index contributed by atoms with van der Waals surface area (Å²) in [4.78, 5) is 22.5. The zero-order chi connectivity index (χ0) is 10.9. The van der Waals surface area contributed by atoms with Crippen LogP contribution < -0.4 is 0 Å². The third-order valence-corrected chi connectivity index (χ3v) is 1.45. The second-order valence-corrected chi connectivity index (χ2v) is 2.30. The first-order valence-corrected chi connectivity index (χ1v) is 4.53. The highest BCUT2D eigenvalue weighted by Crippen LogP contribution is 1.94. The minimum Gasteiger partial charge on any atom is -0.481 e. The van der Waals surface area contributed by atoms with Crippen LogP contribution in [0.15, 0.2) is 0 Å². The lowest BCUT2D eigenvalue weighted by atomic mass is 10.3. The van der Waals surface area contributed by atoms with Gasteiger partial charge in [-0.05, 0) is 6.92 Å². The number of hydrogen-bond donors (Lipinski definition) is 1. The van der Waals surface area contributed by atoms with E-state index in [1.165, 1.54) is 4.90 Å². The third-order valence-electron chi connectivity index (χ3n) is 1.45. The Morgan fingerprint density at radius 1 is 1.23 bits per heavy atom. The van der Waals surface area contributed by atoms with Crippen LogP contribution in [0, 0.1) is 0 Å². The molecule has 1 amide bonds. The maximum absolute atomic E-state index is 10.9. The molecular formula is C9H19NO3. The SMILES string of the molecule is CC.CCN(C)C(=O)CCC(=O)O. The van der Waals surface area contributed by atoms with Crippen molar-refractivity contribution in [3.63, 3.8) is 0 Å². The summed E-state index contributed by atoms with van der Waals surface area (Å²) in [7, 11) is 1.66. The molecule has 0 aliphatic carbocycles. The fourth-order valence-electron chi connectivity index (χ4n) is 0.581. The van der Waals surface area contributed by atoms with E-state index in [9.17, 15) is 9.59 Å². The number of carbonyl (C=O) groups excluding carboxylic acids is 1. The number of carboxylic acids is 1. The largest absolute Gasteiger partial charge is 0.481 e. The average Bonchev–Trinajstić information content (AvgIpc) is 2.16. The summed E-state index contributed by atoms with van der Waals surface area (Å²) in [6.07, 6.45) is 0.0167. The second kappa shape index (κ2) is 9.03. The van der Waals surface area contributed by atoms with Gasteiger partial charge in [-0.1, -0.05) is 13.8 Å². The molecule has 0 aromatic heterocycles.